The first kappa shape index (κ1) is 34.9. The average Bonchev–Trinajstić information content (AvgIpc) is 2.92. The molecule has 0 heterocycles. The number of halogens is 6. The summed E-state index contributed by atoms with van der Waals surface area (Å²) in [6.07, 6.45) is -8.47. The van der Waals surface area contributed by atoms with E-state index in [0.717, 1.165) is 5.32 Å². The molecule has 42 heavy (non-hydrogen) atoms. The van der Waals surface area contributed by atoms with Crippen LogP contribution >= 0.6 is 11.6 Å². The van der Waals surface area contributed by atoms with Crippen molar-refractivity contribution in [3.8, 4) is 5.75 Å². The lowest BCUT2D eigenvalue weighted by molar-refractivity contribution is -0.178. The fraction of sp³-hybridized carbons (Fsp3) is 0.464. The lowest BCUT2D eigenvalue weighted by Crippen LogP contribution is -2.54. The molecule has 0 bridgehead atoms. The van der Waals surface area contributed by atoms with E-state index in [1.54, 1.807) is 24.3 Å². The summed E-state index contributed by atoms with van der Waals surface area (Å²) in [6, 6.07) is 10.0. The van der Waals surface area contributed by atoms with Crippen molar-refractivity contribution >= 4 is 29.2 Å². The summed E-state index contributed by atoms with van der Waals surface area (Å²) in [7, 11) is 1.41. The van der Waals surface area contributed by atoms with E-state index in [-0.39, 0.29) is 12.0 Å². The van der Waals surface area contributed by atoms with Crippen molar-refractivity contribution in [1.29, 1.82) is 0 Å². The molecule has 0 aromatic heterocycles. The van der Waals surface area contributed by atoms with Crippen molar-refractivity contribution < 1.29 is 46.2 Å². The number of carbonyl (C=O) groups excluding carboxylic acids is 3. The van der Waals surface area contributed by atoms with Crippen LogP contribution in [-0.4, -0.2) is 60.6 Å². The number of Topliss-reactive ketones (excluding diaryl/α,β-unsaturated/α-hetero) is 1. The van der Waals surface area contributed by atoms with Gasteiger partial charge in [-0.3, -0.25) is 14.4 Å². The van der Waals surface area contributed by atoms with Crippen LogP contribution < -0.4 is 21.1 Å². The number of methoxy groups -OCH3 is 1. The normalized spacial score (nSPS) is 15.0. The third-order valence-electron chi connectivity index (χ3n) is 6.56. The average molecular weight is 622 g/mol. The van der Waals surface area contributed by atoms with Gasteiger partial charge in [0.15, 0.2) is 5.78 Å². The van der Waals surface area contributed by atoms with Crippen molar-refractivity contribution in [3.05, 3.63) is 64.7 Å². The fourth-order valence-electron chi connectivity index (χ4n) is 4.17. The molecule has 0 saturated carbocycles. The highest BCUT2D eigenvalue weighted by atomic mass is 35.5. The molecule has 5 N–H and O–H groups in total. The SMILES string of the molecule is COc1ccc([C@H](NC(=O)[C@@H](N)Cc2cccc(Cl)c2)C(=O)C[C@@H](C(C)C)[C@@H](O)C(F)(F)C(=O)NCC(F)(F)F)cc1. The summed E-state index contributed by atoms with van der Waals surface area (Å²) in [6.45, 7) is 0.764. The first-order chi connectivity index (χ1) is 19.5. The van der Waals surface area contributed by atoms with Gasteiger partial charge in [0.2, 0.25) is 5.91 Å². The van der Waals surface area contributed by atoms with Gasteiger partial charge in [0.1, 0.15) is 24.4 Å². The minimum Gasteiger partial charge on any atom is -0.497 e. The number of aliphatic hydroxyl groups excluding tert-OH is 1. The zero-order chi connectivity index (χ0) is 31.8. The highest BCUT2D eigenvalue weighted by Crippen LogP contribution is 2.33. The number of hydrogen-bond donors (Lipinski definition) is 4. The Morgan fingerprint density at radius 1 is 1.05 bits per heavy atom. The Morgan fingerprint density at radius 3 is 2.19 bits per heavy atom. The van der Waals surface area contributed by atoms with E-state index in [1.165, 1.54) is 45.2 Å². The smallest absolute Gasteiger partial charge is 0.405 e. The summed E-state index contributed by atoms with van der Waals surface area (Å²) >= 11 is 5.98. The monoisotopic (exact) mass is 621 g/mol. The van der Waals surface area contributed by atoms with Gasteiger partial charge in [0.05, 0.1) is 13.2 Å². The maximum absolute atomic E-state index is 14.8. The summed E-state index contributed by atoms with van der Waals surface area (Å²) in [5.41, 5.74) is 6.96. The zero-order valence-electron chi connectivity index (χ0n) is 23.1. The first-order valence-electron chi connectivity index (χ1n) is 12.8. The molecule has 0 aliphatic heterocycles. The van der Waals surface area contributed by atoms with E-state index in [4.69, 9.17) is 22.1 Å². The van der Waals surface area contributed by atoms with Crippen LogP contribution in [0.15, 0.2) is 48.5 Å². The van der Waals surface area contributed by atoms with Gasteiger partial charge >= 0.3 is 12.1 Å². The number of ether oxygens (including phenoxy) is 1. The number of carbonyl (C=O) groups is 3. The standard InChI is InChI=1S/C28H33ClF5N3O5/c1-15(2)20(24(39)28(33,34)26(41)36-14-27(30,31)32)13-22(38)23(17-7-9-19(42-3)10-8-17)37-25(40)21(35)12-16-5-4-6-18(29)11-16/h4-11,15,20-21,23-24,39H,12-14,35H2,1-3H3,(H,36,41)(H,37,40)/t20-,21-,23-,24+/m0/s1. The van der Waals surface area contributed by atoms with E-state index in [2.05, 4.69) is 5.32 Å². The second-order valence-corrected chi connectivity index (χ2v) is 10.5. The van der Waals surface area contributed by atoms with Gasteiger partial charge in [0.25, 0.3) is 5.91 Å². The number of rotatable bonds is 14. The number of alkyl halides is 5. The molecule has 2 aromatic carbocycles. The van der Waals surface area contributed by atoms with Gasteiger partial charge in [0, 0.05) is 17.4 Å². The molecular weight excluding hydrogens is 589 g/mol. The molecule has 0 fully saturated rings. The molecule has 2 rings (SSSR count). The Balaban J connectivity index is 2.30. The fourth-order valence-corrected chi connectivity index (χ4v) is 4.38. The van der Waals surface area contributed by atoms with Gasteiger partial charge in [-0.25, -0.2) is 0 Å². The Kier molecular flexibility index (Phi) is 12.3. The van der Waals surface area contributed by atoms with Gasteiger partial charge in [-0.05, 0) is 47.7 Å². The minimum atomic E-state index is -4.96. The summed E-state index contributed by atoms with van der Waals surface area (Å²) in [5, 5.41) is 14.5. The molecule has 0 radical (unpaired) electrons. The van der Waals surface area contributed by atoms with Crippen molar-refractivity contribution in [2.75, 3.05) is 13.7 Å². The van der Waals surface area contributed by atoms with E-state index >= 15 is 0 Å². The van der Waals surface area contributed by atoms with Crippen molar-refractivity contribution in [2.45, 2.75) is 57.0 Å². The van der Waals surface area contributed by atoms with Crippen molar-refractivity contribution in [2.24, 2.45) is 17.6 Å². The zero-order valence-corrected chi connectivity index (χ0v) is 23.8. The van der Waals surface area contributed by atoms with E-state index in [9.17, 15) is 41.4 Å². The Hall–Kier alpha value is -3.29. The van der Waals surface area contributed by atoms with Gasteiger partial charge in [-0.1, -0.05) is 49.7 Å². The topological polar surface area (TPSA) is 131 Å². The highest BCUT2D eigenvalue weighted by molar-refractivity contribution is 6.30. The predicted octanol–water partition coefficient (Wildman–Crippen LogP) is 3.98. The number of hydrogen-bond acceptors (Lipinski definition) is 6. The summed E-state index contributed by atoms with van der Waals surface area (Å²) in [5.74, 6) is -10.5. The lowest BCUT2D eigenvalue weighted by atomic mass is 9.81. The van der Waals surface area contributed by atoms with Crippen LogP contribution in [0.4, 0.5) is 22.0 Å². The molecule has 4 atom stereocenters. The Morgan fingerprint density at radius 2 is 1.67 bits per heavy atom. The number of nitrogens with two attached hydrogens (primary N) is 1. The second-order valence-electron chi connectivity index (χ2n) is 10.1. The van der Waals surface area contributed by atoms with Crippen LogP contribution in [0, 0.1) is 11.8 Å². The molecule has 8 nitrogen and oxygen atoms in total. The molecule has 0 aliphatic carbocycles. The third kappa shape index (κ3) is 9.92. The second kappa shape index (κ2) is 14.7. The molecule has 2 aromatic rings. The molecule has 0 unspecified atom stereocenters. The third-order valence-corrected chi connectivity index (χ3v) is 6.80. The van der Waals surface area contributed by atoms with Crippen LogP contribution in [0.25, 0.3) is 0 Å². The number of aliphatic hydroxyl groups is 1. The molecule has 2 amide bonds. The van der Waals surface area contributed by atoms with Crippen LogP contribution in [0.5, 0.6) is 5.75 Å². The molecule has 14 heteroatoms. The van der Waals surface area contributed by atoms with Crippen LogP contribution in [-0.2, 0) is 20.8 Å². The van der Waals surface area contributed by atoms with Gasteiger partial charge < -0.3 is 26.2 Å². The number of nitrogens with one attached hydrogen (secondary N) is 2. The lowest BCUT2D eigenvalue weighted by Gasteiger charge is -2.32. The van der Waals surface area contributed by atoms with E-state index < -0.39 is 72.7 Å². The molecule has 232 valence electrons. The van der Waals surface area contributed by atoms with Crippen LogP contribution in [0.1, 0.15) is 37.4 Å². The van der Waals surface area contributed by atoms with E-state index in [0.29, 0.717) is 16.3 Å². The molecule has 0 spiro atoms. The maximum Gasteiger partial charge on any atom is 0.405 e. The quantitative estimate of drug-likeness (QED) is 0.236. The first-order valence-corrected chi connectivity index (χ1v) is 13.2. The summed E-state index contributed by atoms with van der Waals surface area (Å²) in [4.78, 5) is 38.4. The predicted molar refractivity (Wildman–Crippen MR) is 145 cm³/mol. The molecule has 0 saturated heterocycles. The molecule has 0 aliphatic rings. The number of ketones is 1. The number of benzene rings is 2. The van der Waals surface area contributed by atoms with Gasteiger partial charge in [-0.2, -0.15) is 22.0 Å². The minimum absolute atomic E-state index is 0.0580. The van der Waals surface area contributed by atoms with Crippen molar-refractivity contribution in [1.82, 2.24) is 10.6 Å². The Bertz CT molecular complexity index is 1230. The largest absolute Gasteiger partial charge is 0.497 e. The molecular formula is C28H33ClF5N3O5. The number of amides is 2. The Labute approximate surface area is 244 Å². The van der Waals surface area contributed by atoms with E-state index in [1.807, 2.05) is 0 Å². The maximum atomic E-state index is 14.8. The van der Waals surface area contributed by atoms with Crippen LogP contribution in [0.2, 0.25) is 5.02 Å². The highest BCUT2D eigenvalue weighted by Gasteiger charge is 2.51. The summed E-state index contributed by atoms with van der Waals surface area (Å²) < 4.78 is 71.9. The van der Waals surface area contributed by atoms with Crippen molar-refractivity contribution in [3.63, 3.8) is 0 Å². The van der Waals surface area contributed by atoms with Gasteiger partial charge in [-0.15, -0.1) is 0 Å². The van der Waals surface area contributed by atoms with Crippen LogP contribution in [0.3, 0.4) is 0 Å².